The van der Waals surface area contributed by atoms with Crippen LogP contribution < -0.4 is 5.32 Å². The number of esters is 1. The van der Waals surface area contributed by atoms with Gasteiger partial charge in [0.2, 0.25) is 5.91 Å². The van der Waals surface area contributed by atoms with Crippen LogP contribution in [0, 0.1) is 0 Å². The van der Waals surface area contributed by atoms with Crippen LogP contribution in [0.5, 0.6) is 0 Å². The van der Waals surface area contributed by atoms with Gasteiger partial charge >= 0.3 is 5.97 Å². The molecule has 5 heteroatoms. The maximum Gasteiger partial charge on any atom is 0.338 e. The Morgan fingerprint density at radius 3 is 2.58 bits per heavy atom. The molecule has 0 heterocycles. The Morgan fingerprint density at radius 2 is 1.92 bits per heavy atom. The molecule has 0 aliphatic rings. The lowest BCUT2D eigenvalue weighted by Gasteiger charge is -2.05. The Kier molecular flexibility index (Phi) is 6.58. The van der Waals surface area contributed by atoms with Crippen LogP contribution in [0.15, 0.2) is 54.6 Å². The highest BCUT2D eigenvalue weighted by molar-refractivity contribution is 6.30. The summed E-state index contributed by atoms with van der Waals surface area (Å²) >= 11 is 5.89. The maximum atomic E-state index is 11.9. The fourth-order valence-corrected chi connectivity index (χ4v) is 2.13. The quantitative estimate of drug-likeness (QED) is 0.618. The van der Waals surface area contributed by atoms with Gasteiger partial charge in [-0.15, -0.1) is 0 Å². The molecule has 0 aliphatic heterocycles. The van der Waals surface area contributed by atoms with Crippen molar-refractivity contribution >= 4 is 35.2 Å². The molecule has 0 unspecified atom stereocenters. The predicted octanol–water partition coefficient (Wildman–Crippen LogP) is 4.56. The van der Waals surface area contributed by atoms with Crippen molar-refractivity contribution in [2.45, 2.75) is 13.3 Å². The molecule has 1 amide bonds. The summed E-state index contributed by atoms with van der Waals surface area (Å²) in [7, 11) is 0. The molecule has 0 aliphatic carbocycles. The van der Waals surface area contributed by atoms with Crippen molar-refractivity contribution in [3.05, 3.63) is 70.8 Å². The first kappa shape index (κ1) is 17.8. The van der Waals surface area contributed by atoms with Crippen molar-refractivity contribution in [3.8, 4) is 0 Å². The van der Waals surface area contributed by atoms with Crippen LogP contribution in [0.2, 0.25) is 5.02 Å². The van der Waals surface area contributed by atoms with Crippen LogP contribution in [-0.4, -0.2) is 18.5 Å². The molecule has 0 saturated heterocycles. The van der Waals surface area contributed by atoms with E-state index in [1.807, 2.05) is 19.1 Å². The van der Waals surface area contributed by atoms with E-state index in [9.17, 15) is 9.59 Å². The molecule has 0 aromatic heterocycles. The van der Waals surface area contributed by atoms with Crippen molar-refractivity contribution in [3.63, 3.8) is 0 Å². The van der Waals surface area contributed by atoms with Crippen LogP contribution in [0.4, 0.5) is 5.69 Å². The normalized spacial score (nSPS) is 10.6. The molecule has 2 rings (SSSR count). The summed E-state index contributed by atoms with van der Waals surface area (Å²) in [6.45, 7) is 2.33. The van der Waals surface area contributed by atoms with E-state index in [2.05, 4.69) is 5.32 Å². The largest absolute Gasteiger partial charge is 0.462 e. The molecule has 0 bridgehead atoms. The number of anilines is 1. The monoisotopic (exact) mass is 343 g/mol. The first-order valence-electron chi connectivity index (χ1n) is 7.60. The Morgan fingerprint density at radius 1 is 1.17 bits per heavy atom. The smallest absolute Gasteiger partial charge is 0.338 e. The second-order valence-electron chi connectivity index (χ2n) is 5.09. The average molecular weight is 344 g/mol. The Balaban J connectivity index is 1.93. The highest BCUT2D eigenvalue weighted by Gasteiger charge is 2.06. The van der Waals surface area contributed by atoms with Gasteiger partial charge < -0.3 is 10.1 Å². The number of carbonyl (C=O) groups excluding carboxylic acids is 2. The minimum absolute atomic E-state index is 0.267. The van der Waals surface area contributed by atoms with Crippen molar-refractivity contribution in [2.75, 3.05) is 11.9 Å². The summed E-state index contributed by atoms with van der Waals surface area (Å²) in [5.41, 5.74) is 1.89. The third-order valence-corrected chi connectivity index (χ3v) is 3.34. The van der Waals surface area contributed by atoms with Crippen molar-refractivity contribution in [1.29, 1.82) is 0 Å². The molecule has 0 spiro atoms. The molecular weight excluding hydrogens is 326 g/mol. The van der Waals surface area contributed by atoms with Crippen molar-refractivity contribution in [2.24, 2.45) is 0 Å². The van der Waals surface area contributed by atoms with Crippen molar-refractivity contribution < 1.29 is 14.3 Å². The molecule has 4 nitrogen and oxygen atoms in total. The topological polar surface area (TPSA) is 55.4 Å². The number of halogens is 1. The maximum absolute atomic E-state index is 11.9. The van der Waals surface area contributed by atoms with E-state index in [1.54, 1.807) is 42.5 Å². The highest BCUT2D eigenvalue weighted by Crippen LogP contribution is 2.13. The molecule has 0 fully saturated rings. The van der Waals surface area contributed by atoms with Gasteiger partial charge in [-0.3, -0.25) is 4.79 Å². The van der Waals surface area contributed by atoms with E-state index < -0.39 is 0 Å². The number of benzene rings is 2. The number of rotatable bonds is 6. The van der Waals surface area contributed by atoms with Crippen LogP contribution in [-0.2, 0) is 9.53 Å². The molecule has 1 N–H and O–H groups in total. The van der Waals surface area contributed by atoms with Gasteiger partial charge in [-0.2, -0.15) is 0 Å². The van der Waals surface area contributed by atoms with Gasteiger partial charge in [-0.1, -0.05) is 30.7 Å². The molecule has 0 saturated carbocycles. The number of carbonyl (C=O) groups is 2. The van der Waals surface area contributed by atoms with Gasteiger partial charge in [-0.25, -0.2) is 4.79 Å². The third kappa shape index (κ3) is 5.56. The Labute approximate surface area is 146 Å². The zero-order chi connectivity index (χ0) is 17.4. The fraction of sp³-hybridized carbons (Fsp3) is 0.158. The van der Waals surface area contributed by atoms with Gasteiger partial charge in [0.15, 0.2) is 0 Å². The summed E-state index contributed by atoms with van der Waals surface area (Å²) < 4.78 is 5.05. The minimum atomic E-state index is -0.365. The summed E-state index contributed by atoms with van der Waals surface area (Å²) in [5, 5.41) is 3.34. The third-order valence-electron chi connectivity index (χ3n) is 3.10. The van der Waals surface area contributed by atoms with Gasteiger partial charge in [0, 0.05) is 16.8 Å². The van der Waals surface area contributed by atoms with E-state index in [0.29, 0.717) is 22.9 Å². The number of nitrogens with one attached hydrogen (secondary N) is 1. The SMILES string of the molecule is CCCOC(=O)c1ccc(NC(=O)/C=C/c2cccc(Cl)c2)cc1. The molecule has 2 aromatic carbocycles. The van der Waals surface area contributed by atoms with Gasteiger partial charge in [0.1, 0.15) is 0 Å². The summed E-state index contributed by atoms with van der Waals surface area (Å²) in [4.78, 5) is 23.6. The number of ether oxygens (including phenoxy) is 1. The molecular formula is C19H18ClNO3. The number of hydrogen-bond donors (Lipinski definition) is 1. The molecule has 24 heavy (non-hydrogen) atoms. The zero-order valence-electron chi connectivity index (χ0n) is 13.3. The number of hydrogen-bond acceptors (Lipinski definition) is 3. The standard InChI is InChI=1S/C19H18ClNO3/c1-2-12-24-19(23)15-7-9-17(10-8-15)21-18(22)11-6-14-4-3-5-16(20)13-14/h3-11,13H,2,12H2,1H3,(H,21,22)/b11-6+. The Hall–Kier alpha value is -2.59. The van der Waals surface area contributed by atoms with Crippen LogP contribution in [0.1, 0.15) is 29.3 Å². The van der Waals surface area contributed by atoms with Crippen LogP contribution in [0.25, 0.3) is 6.08 Å². The molecule has 0 atom stereocenters. The lowest BCUT2D eigenvalue weighted by Crippen LogP contribution is -2.09. The summed E-state index contributed by atoms with van der Waals surface area (Å²) in [6.07, 6.45) is 3.88. The highest BCUT2D eigenvalue weighted by atomic mass is 35.5. The van der Waals surface area contributed by atoms with Gasteiger partial charge in [0.25, 0.3) is 0 Å². The van der Waals surface area contributed by atoms with Gasteiger partial charge in [0.05, 0.1) is 12.2 Å². The van der Waals surface area contributed by atoms with E-state index in [4.69, 9.17) is 16.3 Å². The fourth-order valence-electron chi connectivity index (χ4n) is 1.93. The lowest BCUT2D eigenvalue weighted by molar-refractivity contribution is -0.111. The zero-order valence-corrected chi connectivity index (χ0v) is 14.0. The second-order valence-corrected chi connectivity index (χ2v) is 5.53. The lowest BCUT2D eigenvalue weighted by atomic mass is 10.2. The van der Waals surface area contributed by atoms with E-state index in [-0.39, 0.29) is 11.9 Å². The molecule has 124 valence electrons. The minimum Gasteiger partial charge on any atom is -0.462 e. The molecule has 2 aromatic rings. The Bertz CT molecular complexity index is 739. The van der Waals surface area contributed by atoms with Crippen LogP contribution >= 0.6 is 11.6 Å². The van der Waals surface area contributed by atoms with Crippen molar-refractivity contribution in [1.82, 2.24) is 0 Å². The van der Waals surface area contributed by atoms with Gasteiger partial charge in [-0.05, 0) is 54.5 Å². The first-order chi connectivity index (χ1) is 11.6. The number of amides is 1. The first-order valence-corrected chi connectivity index (χ1v) is 7.98. The van der Waals surface area contributed by atoms with E-state index in [1.165, 1.54) is 6.08 Å². The molecule has 0 radical (unpaired) electrons. The van der Waals surface area contributed by atoms with E-state index >= 15 is 0 Å². The predicted molar refractivity (Wildman–Crippen MR) is 96.1 cm³/mol. The second kappa shape index (κ2) is 8.89. The average Bonchev–Trinajstić information content (AvgIpc) is 2.58. The summed E-state index contributed by atoms with van der Waals surface area (Å²) in [5.74, 6) is -0.633. The van der Waals surface area contributed by atoms with Crippen LogP contribution in [0.3, 0.4) is 0 Å². The summed E-state index contributed by atoms with van der Waals surface area (Å²) in [6, 6.07) is 13.8. The van der Waals surface area contributed by atoms with E-state index in [0.717, 1.165) is 12.0 Å².